The molecule has 0 spiro atoms. The number of nitrogens with zero attached hydrogens (tertiary/aromatic N) is 2. The molecule has 0 saturated heterocycles. The van der Waals surface area contributed by atoms with E-state index in [4.69, 9.17) is 5.73 Å². The van der Waals surface area contributed by atoms with Gasteiger partial charge in [0.25, 0.3) is 5.91 Å². The molecule has 1 aliphatic heterocycles. The fourth-order valence-electron chi connectivity index (χ4n) is 3.01. The summed E-state index contributed by atoms with van der Waals surface area (Å²) < 4.78 is 15.8. The number of benzene rings is 2. The number of amides is 1. The molecule has 5 nitrogen and oxygen atoms in total. The van der Waals surface area contributed by atoms with Crippen molar-refractivity contribution in [2.75, 3.05) is 6.54 Å². The van der Waals surface area contributed by atoms with Gasteiger partial charge < -0.3 is 15.6 Å². The first kappa shape index (κ1) is 13.9. The number of nitrogens with two attached hydrogens (primary N) is 1. The third kappa shape index (κ3) is 2.19. The standard InChI is InChI=1S/C17H15FN4O/c18-12-7-13-15-14(8-12)21-16(22(15)6-5-20-17(13)23)11-3-1-10(9-19)2-4-11/h1-4,7-8H,5-6,9,19H2,(H,20,23). The Hall–Kier alpha value is -2.73. The molecule has 0 fully saturated rings. The molecule has 3 N–H and O–H groups in total. The summed E-state index contributed by atoms with van der Waals surface area (Å²) in [7, 11) is 0. The molecule has 2 heterocycles. The van der Waals surface area contributed by atoms with E-state index < -0.39 is 5.82 Å². The molecule has 0 atom stereocenters. The maximum absolute atomic E-state index is 13.8. The third-order valence-corrected chi connectivity index (χ3v) is 4.12. The van der Waals surface area contributed by atoms with Crippen molar-refractivity contribution in [1.29, 1.82) is 0 Å². The van der Waals surface area contributed by atoms with Crippen LogP contribution < -0.4 is 11.1 Å². The highest BCUT2D eigenvalue weighted by molar-refractivity contribution is 6.06. The maximum atomic E-state index is 13.8. The molecule has 23 heavy (non-hydrogen) atoms. The predicted octanol–water partition coefficient (Wildman–Crippen LogP) is 2.04. The summed E-state index contributed by atoms with van der Waals surface area (Å²) in [6.45, 7) is 1.55. The first-order valence-corrected chi connectivity index (χ1v) is 7.45. The normalized spacial score (nSPS) is 13.9. The summed E-state index contributed by atoms with van der Waals surface area (Å²) in [5.74, 6) is 0.00401. The van der Waals surface area contributed by atoms with Gasteiger partial charge in [0.15, 0.2) is 0 Å². The molecule has 6 heteroatoms. The summed E-state index contributed by atoms with van der Waals surface area (Å²) in [5, 5.41) is 2.79. The van der Waals surface area contributed by atoms with Crippen LogP contribution >= 0.6 is 0 Å². The van der Waals surface area contributed by atoms with E-state index in [0.29, 0.717) is 36.2 Å². The Bertz CT molecular complexity index is 914. The Kier molecular flexibility index (Phi) is 3.12. The monoisotopic (exact) mass is 310 g/mol. The molecule has 2 aromatic carbocycles. The minimum atomic E-state index is -0.459. The second-order valence-electron chi connectivity index (χ2n) is 5.57. The zero-order valence-electron chi connectivity index (χ0n) is 12.3. The van der Waals surface area contributed by atoms with E-state index in [1.165, 1.54) is 12.1 Å². The van der Waals surface area contributed by atoms with Gasteiger partial charge in [0.05, 0.1) is 16.6 Å². The van der Waals surface area contributed by atoms with Gasteiger partial charge >= 0.3 is 0 Å². The van der Waals surface area contributed by atoms with Gasteiger partial charge in [-0.15, -0.1) is 0 Å². The van der Waals surface area contributed by atoms with Gasteiger partial charge in [0, 0.05) is 31.3 Å². The van der Waals surface area contributed by atoms with Crippen molar-refractivity contribution in [3.8, 4) is 11.4 Å². The fourth-order valence-corrected chi connectivity index (χ4v) is 3.01. The Morgan fingerprint density at radius 1 is 1.26 bits per heavy atom. The lowest BCUT2D eigenvalue weighted by molar-refractivity contribution is 0.0956. The molecule has 116 valence electrons. The van der Waals surface area contributed by atoms with Crippen molar-refractivity contribution in [1.82, 2.24) is 14.9 Å². The molecule has 4 rings (SSSR count). The highest BCUT2D eigenvalue weighted by Gasteiger charge is 2.23. The Labute approximate surface area is 131 Å². The van der Waals surface area contributed by atoms with Gasteiger partial charge in [-0.2, -0.15) is 0 Å². The lowest BCUT2D eigenvalue weighted by atomic mass is 10.1. The second kappa shape index (κ2) is 5.17. The smallest absolute Gasteiger partial charge is 0.253 e. The number of hydrogen-bond acceptors (Lipinski definition) is 3. The topological polar surface area (TPSA) is 72.9 Å². The molecular weight excluding hydrogens is 295 g/mol. The van der Waals surface area contributed by atoms with Crippen LogP contribution in [0.25, 0.3) is 22.4 Å². The van der Waals surface area contributed by atoms with Gasteiger partial charge in [0.2, 0.25) is 0 Å². The summed E-state index contributed by atoms with van der Waals surface area (Å²) in [5.41, 5.74) is 9.08. The van der Waals surface area contributed by atoms with E-state index in [1.54, 1.807) is 0 Å². The van der Waals surface area contributed by atoms with E-state index in [0.717, 1.165) is 17.0 Å². The van der Waals surface area contributed by atoms with Crippen LogP contribution in [0.3, 0.4) is 0 Å². The number of carbonyl (C=O) groups excluding carboxylic acids is 1. The number of imidazole rings is 1. The Balaban J connectivity index is 1.98. The van der Waals surface area contributed by atoms with Gasteiger partial charge in [-0.05, 0) is 11.6 Å². The molecule has 0 radical (unpaired) electrons. The molecule has 1 aromatic heterocycles. The van der Waals surface area contributed by atoms with Crippen LogP contribution in [0, 0.1) is 5.82 Å². The molecule has 0 saturated carbocycles. The van der Waals surface area contributed by atoms with Gasteiger partial charge in [0.1, 0.15) is 11.6 Å². The van der Waals surface area contributed by atoms with Crippen molar-refractivity contribution in [3.05, 3.63) is 53.3 Å². The average Bonchev–Trinajstić information content (AvgIpc) is 2.83. The molecule has 0 unspecified atom stereocenters. The zero-order chi connectivity index (χ0) is 16.0. The van der Waals surface area contributed by atoms with Crippen LogP contribution in [0.15, 0.2) is 36.4 Å². The number of carbonyl (C=O) groups is 1. The highest BCUT2D eigenvalue weighted by atomic mass is 19.1. The third-order valence-electron chi connectivity index (χ3n) is 4.12. The van der Waals surface area contributed by atoms with E-state index in [1.807, 2.05) is 28.8 Å². The first-order valence-electron chi connectivity index (χ1n) is 7.45. The molecule has 0 aliphatic carbocycles. The summed E-state index contributed by atoms with van der Waals surface area (Å²) in [6.07, 6.45) is 0. The van der Waals surface area contributed by atoms with E-state index in [-0.39, 0.29) is 5.91 Å². The highest BCUT2D eigenvalue weighted by Crippen LogP contribution is 2.29. The lowest BCUT2D eigenvalue weighted by Gasteiger charge is -2.07. The first-order chi connectivity index (χ1) is 11.2. The van der Waals surface area contributed by atoms with E-state index in [2.05, 4.69) is 10.3 Å². The zero-order valence-corrected chi connectivity index (χ0v) is 12.3. The summed E-state index contributed by atoms with van der Waals surface area (Å²) in [6, 6.07) is 10.4. The number of hydrogen-bond donors (Lipinski definition) is 2. The lowest BCUT2D eigenvalue weighted by Crippen LogP contribution is -2.24. The molecule has 1 amide bonds. The molecular formula is C17H15FN4O. The maximum Gasteiger partial charge on any atom is 0.253 e. The molecule has 0 bridgehead atoms. The van der Waals surface area contributed by atoms with E-state index in [9.17, 15) is 9.18 Å². The number of rotatable bonds is 2. The largest absolute Gasteiger partial charge is 0.350 e. The van der Waals surface area contributed by atoms with Crippen molar-refractivity contribution < 1.29 is 9.18 Å². The number of halogens is 1. The second-order valence-corrected chi connectivity index (χ2v) is 5.57. The minimum Gasteiger partial charge on any atom is -0.350 e. The summed E-state index contributed by atoms with van der Waals surface area (Å²) >= 11 is 0. The quantitative estimate of drug-likeness (QED) is 0.761. The number of nitrogens with one attached hydrogen (secondary N) is 1. The van der Waals surface area contributed by atoms with Crippen LogP contribution in [0.1, 0.15) is 15.9 Å². The van der Waals surface area contributed by atoms with Crippen LogP contribution in [-0.4, -0.2) is 22.0 Å². The summed E-state index contributed by atoms with van der Waals surface area (Å²) in [4.78, 5) is 16.7. The van der Waals surface area contributed by atoms with Crippen LogP contribution in [0.2, 0.25) is 0 Å². The van der Waals surface area contributed by atoms with Gasteiger partial charge in [-0.1, -0.05) is 24.3 Å². The van der Waals surface area contributed by atoms with Crippen LogP contribution in [0.4, 0.5) is 4.39 Å². The van der Waals surface area contributed by atoms with Crippen LogP contribution in [-0.2, 0) is 13.1 Å². The Morgan fingerprint density at radius 2 is 2.04 bits per heavy atom. The molecule has 3 aromatic rings. The predicted molar refractivity (Wildman–Crippen MR) is 85.4 cm³/mol. The van der Waals surface area contributed by atoms with Crippen molar-refractivity contribution >= 4 is 16.9 Å². The van der Waals surface area contributed by atoms with Gasteiger partial charge in [-0.25, -0.2) is 9.37 Å². The Morgan fingerprint density at radius 3 is 2.78 bits per heavy atom. The van der Waals surface area contributed by atoms with Crippen molar-refractivity contribution in [2.24, 2.45) is 5.73 Å². The number of aromatic nitrogens is 2. The fraction of sp³-hybridized carbons (Fsp3) is 0.176. The molecule has 1 aliphatic rings. The van der Waals surface area contributed by atoms with Crippen molar-refractivity contribution in [3.63, 3.8) is 0 Å². The SMILES string of the molecule is NCc1ccc(-c2nc3cc(F)cc4c3n2CCNC4=O)cc1. The average molecular weight is 310 g/mol. The van der Waals surface area contributed by atoms with Gasteiger partial charge in [-0.3, -0.25) is 4.79 Å². The minimum absolute atomic E-state index is 0.266. The van der Waals surface area contributed by atoms with E-state index >= 15 is 0 Å². The van der Waals surface area contributed by atoms with Crippen LogP contribution in [0.5, 0.6) is 0 Å². The van der Waals surface area contributed by atoms with Crippen molar-refractivity contribution in [2.45, 2.75) is 13.1 Å².